The molecule has 54 heavy (non-hydrogen) atoms. The lowest BCUT2D eigenvalue weighted by atomic mass is 10.0. The predicted octanol–water partition coefficient (Wildman–Crippen LogP) is 12.7. The molecule has 11 aromatic rings. The maximum atomic E-state index is 8.91. The van der Waals surface area contributed by atoms with Gasteiger partial charge in [0.1, 0.15) is 11.2 Å². The van der Waals surface area contributed by atoms with Gasteiger partial charge in [-0.2, -0.15) is 0 Å². The molecule has 0 aliphatic heterocycles. The molecule has 8 aromatic carbocycles. The van der Waals surface area contributed by atoms with Crippen molar-refractivity contribution in [3.8, 4) is 51.0 Å². The Bertz CT molecular complexity index is 3440. The summed E-state index contributed by atoms with van der Waals surface area (Å²) in [4.78, 5) is 14.9. The molecule has 0 N–H and O–H groups in total. The second kappa shape index (κ2) is 12.1. The van der Waals surface area contributed by atoms with E-state index in [1.54, 1.807) is 0 Å². The Balaban J connectivity index is 1.25. The second-order valence-corrected chi connectivity index (χ2v) is 13.3. The molecule has 5 nitrogen and oxygen atoms in total. The zero-order valence-corrected chi connectivity index (χ0v) is 28.6. The number of hydrogen-bond donors (Lipinski definition) is 0. The molecule has 0 amide bonds. The summed E-state index contributed by atoms with van der Waals surface area (Å²) in [7, 11) is 0. The number of para-hydroxylation sites is 2. The summed E-state index contributed by atoms with van der Waals surface area (Å²) < 4.78 is 52.2. The SMILES string of the molecule is [2H]c1c([2H])c([2H])c(-c2nc(-c3ccc4ccccc4c3)nc(-c3cc(-n4c5ccccc5c5ccccc54)cc4c3oc3cc(-c5ccccc5)ccc34)n2)c([2H])c1[2H]. The van der Waals surface area contributed by atoms with Crippen LogP contribution in [0.25, 0.3) is 105 Å². The van der Waals surface area contributed by atoms with Gasteiger partial charge in [-0.05, 0) is 64.4 Å². The van der Waals surface area contributed by atoms with Gasteiger partial charge >= 0.3 is 0 Å². The molecule has 0 spiro atoms. The molecule has 5 heteroatoms. The Morgan fingerprint density at radius 1 is 0.444 bits per heavy atom. The molecule has 0 unspecified atom stereocenters. The van der Waals surface area contributed by atoms with Crippen LogP contribution in [-0.2, 0) is 0 Å². The highest BCUT2D eigenvalue weighted by Gasteiger charge is 2.22. The Morgan fingerprint density at radius 3 is 1.87 bits per heavy atom. The number of benzene rings is 8. The van der Waals surface area contributed by atoms with E-state index < -0.39 is 30.2 Å². The van der Waals surface area contributed by atoms with Crippen molar-refractivity contribution in [2.45, 2.75) is 0 Å². The Morgan fingerprint density at radius 2 is 1.09 bits per heavy atom. The number of nitrogens with zero attached hydrogens (tertiary/aromatic N) is 4. The third-order valence-corrected chi connectivity index (χ3v) is 10.1. The molecule has 0 atom stereocenters. The summed E-state index contributed by atoms with van der Waals surface area (Å²) in [5.74, 6) is 0.452. The smallest absolute Gasteiger partial charge is 0.167 e. The van der Waals surface area contributed by atoms with E-state index in [2.05, 4.69) is 59.2 Å². The number of hydrogen-bond acceptors (Lipinski definition) is 4. The highest BCUT2D eigenvalue weighted by atomic mass is 16.3. The van der Waals surface area contributed by atoms with Gasteiger partial charge in [0.2, 0.25) is 0 Å². The number of fused-ring (bicyclic) bond motifs is 7. The third-order valence-electron chi connectivity index (χ3n) is 10.1. The topological polar surface area (TPSA) is 56.7 Å². The first-order valence-electron chi connectivity index (χ1n) is 20.2. The van der Waals surface area contributed by atoms with Crippen LogP contribution in [0.15, 0.2) is 186 Å². The number of furan rings is 1. The van der Waals surface area contributed by atoms with Gasteiger partial charge in [0.05, 0.1) is 23.5 Å². The first-order chi connectivity index (χ1) is 28.8. The van der Waals surface area contributed by atoms with E-state index in [0.717, 1.165) is 60.2 Å². The van der Waals surface area contributed by atoms with Gasteiger partial charge in [-0.25, -0.2) is 15.0 Å². The monoisotopic (exact) mass is 695 g/mol. The minimum atomic E-state index is -0.495. The van der Waals surface area contributed by atoms with E-state index in [0.29, 0.717) is 22.3 Å². The van der Waals surface area contributed by atoms with E-state index in [9.17, 15) is 0 Å². The van der Waals surface area contributed by atoms with Gasteiger partial charge in [0.25, 0.3) is 0 Å². The molecule has 0 aliphatic rings. The summed E-state index contributed by atoms with van der Waals surface area (Å²) >= 11 is 0. The van der Waals surface area contributed by atoms with Gasteiger partial charge in [-0.3, -0.25) is 0 Å². The van der Waals surface area contributed by atoms with Crippen molar-refractivity contribution in [2.75, 3.05) is 0 Å². The van der Waals surface area contributed by atoms with Crippen LogP contribution in [-0.4, -0.2) is 19.5 Å². The molecule has 0 radical (unpaired) electrons. The minimum absolute atomic E-state index is 0.0481. The molecule has 0 bridgehead atoms. The van der Waals surface area contributed by atoms with E-state index in [1.165, 1.54) is 0 Å². The fourth-order valence-electron chi connectivity index (χ4n) is 7.60. The van der Waals surface area contributed by atoms with Crippen LogP contribution in [0.4, 0.5) is 0 Å². The van der Waals surface area contributed by atoms with Crippen molar-refractivity contribution >= 4 is 54.5 Å². The maximum Gasteiger partial charge on any atom is 0.167 e. The molecule has 11 rings (SSSR count). The molecular weight excluding hydrogens is 661 g/mol. The molecule has 0 saturated heterocycles. The van der Waals surface area contributed by atoms with Crippen LogP contribution in [0, 0.1) is 0 Å². The highest BCUT2D eigenvalue weighted by molar-refractivity contribution is 6.13. The van der Waals surface area contributed by atoms with E-state index in [1.807, 2.05) is 97.1 Å². The minimum Gasteiger partial charge on any atom is -0.455 e. The fourth-order valence-corrected chi connectivity index (χ4v) is 7.60. The number of rotatable bonds is 5. The van der Waals surface area contributed by atoms with Crippen molar-refractivity contribution < 1.29 is 11.3 Å². The summed E-state index contributed by atoms with van der Waals surface area (Å²) in [5, 5.41) is 5.96. The van der Waals surface area contributed by atoms with E-state index in [-0.39, 0.29) is 23.0 Å². The summed E-state index contributed by atoms with van der Waals surface area (Å²) in [5.41, 5.74) is 7.27. The standard InChI is InChI=1S/C49H30N4O/c1-3-13-31(14-4-1)35-25-26-40-41-29-37(53-43-21-11-9-19-38(43)39-20-10-12-22-44(39)53)30-42(46(41)54-45(40)28-35)49-51-47(33-16-5-2-6-17-33)50-48(52-49)36-24-23-32-15-7-8-18-34(32)27-36/h1-30H/i2D,5D,6D,16D,17D. The van der Waals surface area contributed by atoms with Crippen LogP contribution in [0.3, 0.4) is 0 Å². The first-order valence-corrected chi connectivity index (χ1v) is 17.7. The predicted molar refractivity (Wildman–Crippen MR) is 221 cm³/mol. The van der Waals surface area contributed by atoms with Gasteiger partial charge in [0, 0.05) is 38.4 Å². The van der Waals surface area contributed by atoms with Crippen LogP contribution >= 0.6 is 0 Å². The van der Waals surface area contributed by atoms with E-state index >= 15 is 0 Å². The third kappa shape index (κ3) is 4.90. The van der Waals surface area contributed by atoms with Gasteiger partial charge in [-0.15, -0.1) is 0 Å². The summed E-state index contributed by atoms with van der Waals surface area (Å²) in [6, 6.07) is 48.7. The summed E-state index contributed by atoms with van der Waals surface area (Å²) in [6.07, 6.45) is 0. The van der Waals surface area contributed by atoms with Crippen molar-refractivity contribution in [1.29, 1.82) is 0 Å². The van der Waals surface area contributed by atoms with Crippen molar-refractivity contribution in [2.24, 2.45) is 0 Å². The Kier molecular flexibility index (Phi) is 5.73. The highest BCUT2D eigenvalue weighted by Crippen LogP contribution is 2.41. The maximum absolute atomic E-state index is 8.91. The van der Waals surface area contributed by atoms with Crippen molar-refractivity contribution in [3.63, 3.8) is 0 Å². The zero-order valence-electron chi connectivity index (χ0n) is 33.6. The molecule has 0 aliphatic carbocycles. The lowest BCUT2D eigenvalue weighted by molar-refractivity contribution is 0.669. The quantitative estimate of drug-likeness (QED) is 0.180. The fraction of sp³-hybridized carbons (Fsp3) is 0. The van der Waals surface area contributed by atoms with Crippen LogP contribution in [0.2, 0.25) is 0 Å². The summed E-state index contributed by atoms with van der Waals surface area (Å²) in [6.45, 7) is 0. The Labute approximate surface area is 317 Å². The average Bonchev–Trinajstić information content (AvgIpc) is 3.83. The van der Waals surface area contributed by atoms with Gasteiger partial charge in [-0.1, -0.05) is 139 Å². The van der Waals surface area contributed by atoms with Crippen molar-refractivity contribution in [1.82, 2.24) is 19.5 Å². The molecular formula is C49H30N4O. The van der Waals surface area contributed by atoms with E-state index in [4.69, 9.17) is 26.2 Å². The average molecular weight is 696 g/mol. The zero-order chi connectivity index (χ0) is 39.9. The Hall–Kier alpha value is -7.37. The van der Waals surface area contributed by atoms with Crippen molar-refractivity contribution in [3.05, 3.63) is 182 Å². The van der Waals surface area contributed by atoms with Crippen LogP contribution in [0.5, 0.6) is 0 Å². The lowest BCUT2D eigenvalue weighted by Gasteiger charge is -2.13. The molecule has 3 heterocycles. The van der Waals surface area contributed by atoms with Gasteiger partial charge < -0.3 is 8.98 Å². The van der Waals surface area contributed by atoms with Gasteiger partial charge in [0.15, 0.2) is 17.5 Å². The first kappa shape index (κ1) is 25.6. The van der Waals surface area contributed by atoms with Crippen LogP contribution in [0.1, 0.15) is 6.85 Å². The largest absolute Gasteiger partial charge is 0.455 e. The molecule has 3 aromatic heterocycles. The molecule has 0 saturated carbocycles. The second-order valence-electron chi connectivity index (χ2n) is 13.3. The molecule has 0 fully saturated rings. The normalized spacial score (nSPS) is 13.0. The van der Waals surface area contributed by atoms with Crippen LogP contribution < -0.4 is 0 Å². The number of aromatic nitrogens is 4. The molecule has 252 valence electrons. The lowest BCUT2D eigenvalue weighted by Crippen LogP contribution is -2.01.